The van der Waals surface area contributed by atoms with Gasteiger partial charge in [-0.3, -0.25) is 30.2 Å². The average molecular weight is 1270 g/mol. The second-order valence-electron chi connectivity index (χ2n) is 21.3. The number of nitrogens with zero attached hydrogens (tertiary/aromatic N) is 2. The molecule has 29 heteroatoms. The van der Waals surface area contributed by atoms with E-state index in [2.05, 4.69) is 73.1 Å². The SMILES string of the molecule is Cc1cc(=O)[nH]c(NC(=O)NCCCCCCNC(=O)NCCCCCCCCCCNC(=O)OCCOCCOCCOCCOCCOCCOC(=O)NCCCCCCCCCCNC(=O)NCCCCCCNC(=O)Nc2nc(C)cc(=O)[nH]2)n1. The fourth-order valence-electron chi connectivity index (χ4n) is 8.60. The zero-order valence-electron chi connectivity index (χ0n) is 53.3. The van der Waals surface area contributed by atoms with E-state index < -0.39 is 24.2 Å². The summed E-state index contributed by atoms with van der Waals surface area (Å²) >= 11 is 0. The number of unbranched alkanes of at least 4 members (excludes halogenated alkanes) is 20. The van der Waals surface area contributed by atoms with Gasteiger partial charge in [-0.15, -0.1) is 0 Å². The number of anilines is 2. The van der Waals surface area contributed by atoms with Gasteiger partial charge in [0.05, 0.1) is 66.1 Å². The smallest absolute Gasteiger partial charge is 0.407 e. The lowest BCUT2D eigenvalue weighted by Gasteiger charge is -2.09. The van der Waals surface area contributed by atoms with Crippen LogP contribution in [0.3, 0.4) is 0 Å². The van der Waals surface area contributed by atoms with E-state index in [1.54, 1.807) is 13.8 Å². The normalized spacial score (nSPS) is 10.9. The Morgan fingerprint density at radius 3 is 0.775 bits per heavy atom. The molecular weight excluding hydrogens is 1160 g/mol. The number of hydrogen-bond donors (Lipinski definition) is 12. The Bertz CT molecular complexity index is 2130. The molecule has 0 spiro atoms. The Morgan fingerprint density at radius 1 is 0.315 bits per heavy atom. The molecule has 2 aromatic heterocycles. The predicted molar refractivity (Wildman–Crippen MR) is 340 cm³/mol. The van der Waals surface area contributed by atoms with Crippen LogP contribution in [-0.4, -0.2) is 188 Å². The third-order valence-electron chi connectivity index (χ3n) is 13.3. The van der Waals surface area contributed by atoms with Crippen molar-refractivity contribution >= 4 is 48.2 Å². The molecule has 89 heavy (non-hydrogen) atoms. The van der Waals surface area contributed by atoms with Crippen molar-refractivity contribution in [3.05, 3.63) is 44.2 Å². The van der Waals surface area contributed by atoms with Crippen molar-refractivity contribution in [3.63, 3.8) is 0 Å². The first-order valence-electron chi connectivity index (χ1n) is 32.4. The van der Waals surface area contributed by atoms with E-state index in [0.29, 0.717) is 117 Å². The van der Waals surface area contributed by atoms with E-state index in [-0.39, 0.29) is 61.5 Å². The van der Waals surface area contributed by atoms with Crippen molar-refractivity contribution in [1.29, 1.82) is 0 Å². The zero-order valence-corrected chi connectivity index (χ0v) is 53.3. The van der Waals surface area contributed by atoms with Gasteiger partial charge in [-0.1, -0.05) is 103 Å². The van der Waals surface area contributed by atoms with Gasteiger partial charge in [0.25, 0.3) is 11.1 Å². The summed E-state index contributed by atoms with van der Waals surface area (Å²) in [7, 11) is 0. The van der Waals surface area contributed by atoms with Gasteiger partial charge in [-0.05, 0) is 65.2 Å². The Labute approximate surface area is 525 Å². The Kier molecular flexibility index (Phi) is 49.6. The number of carbonyl (C=O) groups is 6. The number of aryl methyl sites for hydroxylation is 2. The molecular formula is C60H108N14O15. The minimum absolute atomic E-state index is 0.113. The zero-order chi connectivity index (χ0) is 64.3. The lowest BCUT2D eigenvalue weighted by Crippen LogP contribution is -2.36. The third-order valence-corrected chi connectivity index (χ3v) is 13.3. The molecule has 0 aliphatic rings. The molecule has 0 atom stereocenters. The van der Waals surface area contributed by atoms with E-state index >= 15 is 0 Å². The first-order valence-corrected chi connectivity index (χ1v) is 32.4. The first-order chi connectivity index (χ1) is 43.4. The second-order valence-corrected chi connectivity index (χ2v) is 21.3. The lowest BCUT2D eigenvalue weighted by atomic mass is 10.1. The van der Waals surface area contributed by atoms with Crippen LogP contribution < -0.4 is 64.3 Å². The molecule has 0 fully saturated rings. The molecule has 508 valence electrons. The van der Waals surface area contributed by atoms with E-state index in [0.717, 1.165) is 154 Å². The predicted octanol–water partition coefficient (Wildman–Crippen LogP) is 6.91. The van der Waals surface area contributed by atoms with Crippen LogP contribution in [0.4, 0.5) is 40.7 Å². The number of aromatic amines is 2. The van der Waals surface area contributed by atoms with E-state index in [9.17, 15) is 38.4 Å². The van der Waals surface area contributed by atoms with E-state index in [1.807, 2.05) is 0 Å². The number of hydrogen-bond acceptors (Lipinski definition) is 17. The summed E-state index contributed by atoms with van der Waals surface area (Å²) < 4.78 is 37.8. The largest absolute Gasteiger partial charge is 0.447 e. The second kappa shape index (κ2) is 56.4. The topological polar surface area (TPSA) is 379 Å². The number of amides is 10. The number of aromatic nitrogens is 4. The van der Waals surface area contributed by atoms with Crippen molar-refractivity contribution in [2.24, 2.45) is 0 Å². The van der Waals surface area contributed by atoms with Crippen LogP contribution in [-0.2, 0) is 33.2 Å². The third kappa shape index (κ3) is 51.7. The van der Waals surface area contributed by atoms with Crippen molar-refractivity contribution in [1.82, 2.24) is 62.5 Å². The minimum atomic E-state index is -0.449. The maximum Gasteiger partial charge on any atom is 0.407 e. The maximum absolute atomic E-state index is 12.0. The molecule has 2 rings (SSSR count). The van der Waals surface area contributed by atoms with Crippen LogP contribution in [0.2, 0.25) is 0 Å². The van der Waals surface area contributed by atoms with Gasteiger partial charge in [-0.2, -0.15) is 0 Å². The molecule has 0 aliphatic heterocycles. The van der Waals surface area contributed by atoms with Gasteiger partial charge >= 0.3 is 36.3 Å². The van der Waals surface area contributed by atoms with Crippen LogP contribution >= 0.6 is 0 Å². The summed E-state index contributed by atoms with van der Waals surface area (Å²) in [6.45, 7) is 12.1. The molecule has 2 heterocycles. The van der Waals surface area contributed by atoms with E-state index in [4.69, 9.17) is 33.2 Å². The van der Waals surface area contributed by atoms with Crippen molar-refractivity contribution < 1.29 is 61.9 Å². The Balaban J connectivity index is 1.17. The molecule has 0 saturated carbocycles. The molecule has 29 nitrogen and oxygen atoms in total. The first kappa shape index (κ1) is 78.3. The van der Waals surface area contributed by atoms with Gasteiger partial charge in [-0.25, -0.2) is 38.7 Å². The highest BCUT2D eigenvalue weighted by atomic mass is 16.6. The van der Waals surface area contributed by atoms with Crippen LogP contribution in [0.5, 0.6) is 0 Å². The highest BCUT2D eigenvalue weighted by Gasteiger charge is 2.08. The summed E-state index contributed by atoms with van der Waals surface area (Å²) in [6.07, 6.45) is 23.0. The molecule has 2 aromatic rings. The number of rotatable bonds is 56. The number of H-pyrrole nitrogens is 2. The number of ether oxygens (including phenoxy) is 7. The maximum atomic E-state index is 12.0. The number of nitrogens with one attached hydrogen (secondary N) is 12. The molecule has 0 radical (unpaired) electrons. The van der Waals surface area contributed by atoms with Gasteiger partial charge in [0.15, 0.2) is 0 Å². The van der Waals surface area contributed by atoms with Crippen LogP contribution in [0, 0.1) is 13.8 Å². The standard InChI is InChI=1S/C60H108N14O15/c1-49-47-51(75)71-53(69-49)73-57(79)65-31-23-17-15-21-29-63-55(77)61-27-19-11-7-3-5-9-13-25-33-67-59(81)88-45-43-86-41-39-84-37-35-83-36-38-85-40-42-87-44-46-89-60(82)68-34-26-14-10-6-4-8-12-20-28-62-56(78)64-30-22-16-18-24-32-66-58(80)74-54-70-50(2)48-52(76)72-54/h47-48H,3-46H2,1-2H3,(H,67,81)(H,68,82)(H2,61,63,77)(H2,62,64,78)(H3,65,69,71,73,75,79)(H3,66,70,72,74,76,80). The molecule has 0 bridgehead atoms. The van der Waals surface area contributed by atoms with Crippen molar-refractivity contribution in [3.8, 4) is 0 Å². The van der Waals surface area contributed by atoms with E-state index in [1.165, 1.54) is 12.1 Å². The van der Waals surface area contributed by atoms with Crippen molar-refractivity contribution in [2.45, 2.75) is 168 Å². The van der Waals surface area contributed by atoms with Gasteiger partial charge in [0.1, 0.15) is 13.2 Å². The highest BCUT2D eigenvalue weighted by Crippen LogP contribution is 2.10. The minimum Gasteiger partial charge on any atom is -0.447 e. The molecule has 12 N–H and O–H groups in total. The molecule has 10 amide bonds. The van der Waals surface area contributed by atoms with Gasteiger partial charge < -0.3 is 75.7 Å². The van der Waals surface area contributed by atoms with Crippen LogP contribution in [0.25, 0.3) is 0 Å². The molecule has 0 saturated heterocycles. The summed E-state index contributed by atoms with van der Waals surface area (Å²) in [5, 5.41) is 27.7. The summed E-state index contributed by atoms with van der Waals surface area (Å²) in [4.78, 5) is 108. The monoisotopic (exact) mass is 1260 g/mol. The quantitative estimate of drug-likeness (QED) is 0.0299. The number of urea groups is 4. The van der Waals surface area contributed by atoms with Gasteiger partial charge in [0.2, 0.25) is 11.9 Å². The molecule has 0 unspecified atom stereocenters. The summed E-state index contributed by atoms with van der Waals surface area (Å²) in [5.74, 6) is 0.226. The number of alkyl carbamates (subject to hydrolysis) is 2. The fourth-order valence-corrected chi connectivity index (χ4v) is 8.60. The van der Waals surface area contributed by atoms with Gasteiger partial charge in [0, 0.05) is 75.9 Å². The lowest BCUT2D eigenvalue weighted by molar-refractivity contribution is -0.0161. The summed E-state index contributed by atoms with van der Waals surface area (Å²) in [5.41, 5.74) is 0.387. The Morgan fingerprint density at radius 2 is 0.528 bits per heavy atom. The van der Waals surface area contributed by atoms with Crippen LogP contribution in [0.1, 0.15) is 165 Å². The molecule has 0 aliphatic carbocycles. The van der Waals surface area contributed by atoms with Crippen molar-refractivity contribution in [2.75, 3.05) is 142 Å². The summed E-state index contributed by atoms with van der Waals surface area (Å²) in [6, 6.07) is 1.55. The number of carbonyl (C=O) groups excluding carboxylic acids is 6. The van der Waals surface area contributed by atoms with Crippen LogP contribution in [0.15, 0.2) is 21.7 Å². The highest BCUT2D eigenvalue weighted by molar-refractivity contribution is 5.87. The average Bonchev–Trinajstić information content (AvgIpc) is 3.69. The Hall–Kier alpha value is -6.82. The fraction of sp³-hybridized carbons (Fsp3) is 0.767. The molecule has 0 aromatic carbocycles.